The Bertz CT molecular complexity index is 1340. The number of aliphatic hydroxyl groups is 1. The number of nitrogens with zero attached hydrogens (tertiary/aromatic N) is 2. The summed E-state index contributed by atoms with van der Waals surface area (Å²) in [5.41, 5.74) is -2.17. The Morgan fingerprint density at radius 3 is 2.51 bits per heavy atom. The van der Waals surface area contributed by atoms with Crippen LogP contribution in [0.4, 0.5) is 23.2 Å². The van der Waals surface area contributed by atoms with Crippen LogP contribution in [0.2, 0.25) is 0 Å². The van der Waals surface area contributed by atoms with E-state index in [1.807, 2.05) is 0 Å². The van der Waals surface area contributed by atoms with Crippen LogP contribution in [-0.4, -0.2) is 46.3 Å². The van der Waals surface area contributed by atoms with Gasteiger partial charge in [-0.05, 0) is 89.9 Å². The quantitative estimate of drug-likeness (QED) is 0.126. The first-order valence-corrected chi connectivity index (χ1v) is 13.1. The topological polar surface area (TPSA) is 106 Å². The lowest BCUT2D eigenvalue weighted by atomic mass is 10.0. The highest BCUT2D eigenvalue weighted by Crippen LogP contribution is 2.37. The zero-order valence-corrected chi connectivity index (χ0v) is 23.4. The Morgan fingerprint density at radius 1 is 1.07 bits per heavy atom. The lowest BCUT2D eigenvalue weighted by Gasteiger charge is -2.18. The van der Waals surface area contributed by atoms with E-state index in [0.29, 0.717) is 37.2 Å². The zero-order chi connectivity index (χ0) is 30.2. The van der Waals surface area contributed by atoms with E-state index in [2.05, 4.69) is 20.6 Å². The highest BCUT2D eigenvalue weighted by atomic mass is 19.4. The molecule has 3 N–H and O–H groups in total. The molecule has 8 nitrogen and oxygen atoms in total. The van der Waals surface area contributed by atoms with Crippen molar-refractivity contribution in [3.63, 3.8) is 0 Å². The van der Waals surface area contributed by atoms with Crippen LogP contribution in [0.3, 0.4) is 0 Å². The molecule has 0 spiro atoms. The Balaban J connectivity index is 1.69. The lowest BCUT2D eigenvalue weighted by molar-refractivity contribution is -0.138. The second-order valence-corrected chi connectivity index (χ2v) is 10.1. The summed E-state index contributed by atoms with van der Waals surface area (Å²) in [7, 11) is 0. The minimum atomic E-state index is -4.75. The van der Waals surface area contributed by atoms with Gasteiger partial charge in [0, 0.05) is 18.0 Å². The molecule has 3 rings (SSSR count). The number of carbonyl (C=O) groups excluding carboxylic acids is 1. The Kier molecular flexibility index (Phi) is 10.6. The molecule has 3 aromatic rings. The number of aromatic nitrogens is 2. The van der Waals surface area contributed by atoms with Gasteiger partial charge in [-0.1, -0.05) is 6.07 Å². The summed E-state index contributed by atoms with van der Waals surface area (Å²) in [5, 5.41) is 15.6. The largest absolute Gasteiger partial charge is 0.494 e. The van der Waals surface area contributed by atoms with Gasteiger partial charge in [-0.15, -0.1) is 0 Å². The van der Waals surface area contributed by atoms with Crippen LogP contribution < -0.4 is 20.1 Å². The molecule has 0 saturated carbocycles. The first-order chi connectivity index (χ1) is 19.2. The number of amides is 1. The average molecular weight is 579 g/mol. The number of nitrogens with one attached hydrogen (secondary N) is 2. The molecule has 0 fully saturated rings. The van der Waals surface area contributed by atoms with Gasteiger partial charge in [-0.3, -0.25) is 4.79 Å². The molecular formula is C29H34F4N4O4. The maximum Gasteiger partial charge on any atom is 0.418 e. The summed E-state index contributed by atoms with van der Waals surface area (Å²) in [4.78, 5) is 20.7. The van der Waals surface area contributed by atoms with E-state index in [1.54, 1.807) is 38.1 Å². The molecule has 1 amide bonds. The summed E-state index contributed by atoms with van der Waals surface area (Å²) < 4.78 is 65.7. The smallest absolute Gasteiger partial charge is 0.418 e. The standard InChI is InChI=1S/C29H34F4N4O4/c1-18-22(29(31,32)33)17-35-27(41-23-10-11-24(30)36-19(23)2)25(18)26(38)37-20-8-7-9-21(16-20)40-15-6-5-13-34-14-12-28(3,4)39/h7-11,16-17,34,39H,5-6,12-15H2,1-4H3,(H,37,38). The average Bonchev–Trinajstić information content (AvgIpc) is 2.86. The third-order valence-electron chi connectivity index (χ3n) is 6.07. The molecule has 0 unspecified atom stereocenters. The molecule has 0 aliphatic rings. The van der Waals surface area contributed by atoms with E-state index in [-0.39, 0.29) is 22.9 Å². The number of unbranched alkanes of at least 4 members (excludes halogenated alkanes) is 1. The maximum atomic E-state index is 13.6. The Labute approximate surface area is 236 Å². The summed E-state index contributed by atoms with van der Waals surface area (Å²) in [6, 6.07) is 8.75. The lowest BCUT2D eigenvalue weighted by Crippen LogP contribution is -2.27. The van der Waals surface area contributed by atoms with E-state index in [9.17, 15) is 27.5 Å². The van der Waals surface area contributed by atoms with Crippen LogP contribution >= 0.6 is 0 Å². The van der Waals surface area contributed by atoms with Crippen molar-refractivity contribution in [1.29, 1.82) is 0 Å². The highest BCUT2D eigenvalue weighted by Gasteiger charge is 2.36. The van der Waals surface area contributed by atoms with Crippen LogP contribution in [0.1, 0.15) is 60.3 Å². The molecule has 0 aliphatic carbocycles. The molecule has 0 atom stereocenters. The first kappa shape index (κ1) is 31.8. The minimum Gasteiger partial charge on any atom is -0.494 e. The van der Waals surface area contributed by atoms with Crippen molar-refractivity contribution in [2.24, 2.45) is 0 Å². The number of pyridine rings is 2. The molecule has 41 heavy (non-hydrogen) atoms. The van der Waals surface area contributed by atoms with Crippen LogP contribution in [0.5, 0.6) is 17.4 Å². The van der Waals surface area contributed by atoms with Crippen LogP contribution in [0.15, 0.2) is 42.6 Å². The van der Waals surface area contributed by atoms with Crippen LogP contribution in [-0.2, 0) is 6.18 Å². The summed E-state index contributed by atoms with van der Waals surface area (Å²) in [6.07, 6.45) is -1.90. The van der Waals surface area contributed by atoms with Crippen molar-refractivity contribution in [2.45, 2.75) is 58.7 Å². The first-order valence-electron chi connectivity index (χ1n) is 13.1. The van der Waals surface area contributed by atoms with E-state index in [1.165, 1.54) is 13.0 Å². The SMILES string of the molecule is Cc1nc(F)ccc1Oc1ncc(C(F)(F)F)c(C)c1C(=O)Nc1cccc(OCCCCNCCC(C)(C)O)c1. The van der Waals surface area contributed by atoms with Crippen LogP contribution in [0.25, 0.3) is 0 Å². The highest BCUT2D eigenvalue weighted by molar-refractivity contribution is 6.07. The van der Waals surface area contributed by atoms with Crippen LogP contribution in [0, 0.1) is 19.8 Å². The van der Waals surface area contributed by atoms with Gasteiger partial charge in [0.15, 0.2) is 5.75 Å². The fraction of sp³-hybridized carbons (Fsp3) is 0.414. The van der Waals surface area contributed by atoms with Gasteiger partial charge in [0.05, 0.1) is 23.5 Å². The number of benzene rings is 1. The summed E-state index contributed by atoms with van der Waals surface area (Å²) in [5.74, 6) is -1.51. The fourth-order valence-corrected chi connectivity index (χ4v) is 3.86. The molecule has 0 bridgehead atoms. The van der Waals surface area contributed by atoms with Crippen molar-refractivity contribution in [3.05, 3.63) is 70.9 Å². The molecule has 0 radical (unpaired) electrons. The zero-order valence-electron chi connectivity index (χ0n) is 23.4. The number of hydrogen-bond donors (Lipinski definition) is 3. The predicted octanol–water partition coefficient (Wildman–Crippen LogP) is 6.21. The molecule has 2 aromatic heterocycles. The van der Waals surface area contributed by atoms with Gasteiger partial charge in [0.1, 0.15) is 11.3 Å². The number of alkyl halides is 3. The van der Waals surface area contributed by atoms with Gasteiger partial charge in [0.2, 0.25) is 11.8 Å². The van der Waals surface area contributed by atoms with Crippen molar-refractivity contribution >= 4 is 11.6 Å². The molecule has 0 saturated heterocycles. The van der Waals surface area contributed by atoms with Crippen molar-refractivity contribution in [2.75, 3.05) is 25.0 Å². The van der Waals surface area contributed by atoms with Gasteiger partial charge in [-0.2, -0.15) is 17.6 Å². The van der Waals surface area contributed by atoms with Gasteiger partial charge >= 0.3 is 6.18 Å². The summed E-state index contributed by atoms with van der Waals surface area (Å²) >= 11 is 0. The van der Waals surface area contributed by atoms with Gasteiger partial charge in [-0.25, -0.2) is 9.97 Å². The number of halogens is 4. The third kappa shape index (κ3) is 9.68. The monoisotopic (exact) mass is 578 g/mol. The summed E-state index contributed by atoms with van der Waals surface area (Å²) in [6.45, 7) is 8.03. The van der Waals surface area contributed by atoms with E-state index < -0.39 is 34.8 Å². The number of rotatable bonds is 13. The minimum absolute atomic E-state index is 0.0370. The molecule has 222 valence electrons. The number of aryl methyl sites for hydroxylation is 1. The second-order valence-electron chi connectivity index (χ2n) is 10.1. The Morgan fingerprint density at radius 2 is 1.83 bits per heavy atom. The number of anilines is 1. The van der Waals surface area contributed by atoms with E-state index in [4.69, 9.17) is 9.47 Å². The Hall–Kier alpha value is -3.77. The van der Waals surface area contributed by atoms with Crippen molar-refractivity contribution in [3.8, 4) is 17.4 Å². The second kappa shape index (κ2) is 13.7. The molecule has 1 aromatic carbocycles. The van der Waals surface area contributed by atoms with Gasteiger partial charge in [0.25, 0.3) is 5.91 Å². The molecule has 2 heterocycles. The number of hydrogen-bond acceptors (Lipinski definition) is 7. The van der Waals surface area contributed by atoms with Gasteiger partial charge < -0.3 is 25.2 Å². The maximum absolute atomic E-state index is 13.6. The predicted molar refractivity (Wildman–Crippen MR) is 146 cm³/mol. The van der Waals surface area contributed by atoms with Crippen molar-refractivity contribution < 1.29 is 36.9 Å². The molecule has 0 aliphatic heterocycles. The van der Waals surface area contributed by atoms with Crippen molar-refractivity contribution in [1.82, 2.24) is 15.3 Å². The number of ether oxygens (including phenoxy) is 2. The third-order valence-corrected chi connectivity index (χ3v) is 6.07. The fourth-order valence-electron chi connectivity index (χ4n) is 3.86. The number of carbonyl (C=O) groups is 1. The molecule has 12 heteroatoms. The molecular weight excluding hydrogens is 544 g/mol. The van der Waals surface area contributed by atoms with E-state index >= 15 is 0 Å². The normalized spacial score (nSPS) is 11.8. The van der Waals surface area contributed by atoms with E-state index in [0.717, 1.165) is 32.4 Å².